The maximum absolute atomic E-state index is 13.5. The lowest BCUT2D eigenvalue weighted by Crippen LogP contribution is -2.48. The zero-order chi connectivity index (χ0) is 22.1. The Bertz CT molecular complexity index is 1280. The smallest absolute Gasteiger partial charge is 0.254 e. The van der Waals surface area contributed by atoms with Crippen LogP contribution < -0.4 is 0 Å². The van der Waals surface area contributed by atoms with Crippen LogP contribution in [-0.4, -0.2) is 56.7 Å². The first-order chi connectivity index (χ1) is 15.6. The van der Waals surface area contributed by atoms with E-state index in [-0.39, 0.29) is 11.7 Å². The number of fused-ring (bicyclic) bond motifs is 1. The number of carbonyl (C=O) groups excluding carboxylic acids is 1. The van der Waals surface area contributed by atoms with E-state index in [1.165, 1.54) is 6.07 Å². The van der Waals surface area contributed by atoms with Gasteiger partial charge in [-0.05, 0) is 29.8 Å². The number of para-hydroxylation sites is 1. The molecule has 1 saturated heterocycles. The molecule has 0 unspecified atom stereocenters. The monoisotopic (exact) mass is 429 g/mol. The van der Waals surface area contributed by atoms with E-state index >= 15 is 0 Å². The Morgan fingerprint density at radius 3 is 2.59 bits per heavy atom. The highest BCUT2D eigenvalue weighted by Crippen LogP contribution is 2.26. The van der Waals surface area contributed by atoms with Crippen molar-refractivity contribution in [3.8, 4) is 11.3 Å². The number of amides is 1. The average molecular weight is 429 g/mol. The highest BCUT2D eigenvalue weighted by Gasteiger charge is 2.24. The van der Waals surface area contributed by atoms with Crippen LogP contribution in [0.3, 0.4) is 0 Å². The van der Waals surface area contributed by atoms with E-state index in [1.807, 2.05) is 54.5 Å². The van der Waals surface area contributed by atoms with Gasteiger partial charge < -0.3 is 4.90 Å². The highest BCUT2D eigenvalue weighted by molar-refractivity contribution is 6.07. The van der Waals surface area contributed by atoms with Crippen molar-refractivity contribution in [2.45, 2.75) is 6.54 Å². The van der Waals surface area contributed by atoms with Crippen LogP contribution in [0.25, 0.3) is 22.2 Å². The van der Waals surface area contributed by atoms with Gasteiger partial charge in [-0.2, -0.15) is 5.10 Å². The van der Waals surface area contributed by atoms with E-state index in [2.05, 4.69) is 10.00 Å². The summed E-state index contributed by atoms with van der Waals surface area (Å²) in [6.45, 7) is 3.45. The van der Waals surface area contributed by atoms with Gasteiger partial charge in [0.1, 0.15) is 5.82 Å². The summed E-state index contributed by atoms with van der Waals surface area (Å²) < 4.78 is 15.2. The summed E-state index contributed by atoms with van der Waals surface area (Å²) in [5.74, 6) is -0.204. The Labute approximate surface area is 185 Å². The van der Waals surface area contributed by atoms with Gasteiger partial charge in [0.05, 0.1) is 23.0 Å². The number of carbonyl (C=O) groups is 1. The van der Waals surface area contributed by atoms with Gasteiger partial charge in [0, 0.05) is 56.9 Å². The zero-order valence-corrected chi connectivity index (χ0v) is 17.9. The second kappa shape index (κ2) is 8.51. The summed E-state index contributed by atoms with van der Waals surface area (Å²) in [5, 5.41) is 5.09. The molecule has 1 fully saturated rings. The maximum atomic E-state index is 13.5. The second-order valence-corrected chi connectivity index (χ2v) is 8.17. The van der Waals surface area contributed by atoms with E-state index in [0.717, 1.165) is 40.8 Å². The first-order valence-electron chi connectivity index (χ1n) is 10.7. The van der Waals surface area contributed by atoms with Crippen LogP contribution in [0, 0.1) is 5.82 Å². The van der Waals surface area contributed by atoms with Crippen molar-refractivity contribution in [1.82, 2.24) is 24.6 Å². The van der Waals surface area contributed by atoms with Crippen LogP contribution in [0.2, 0.25) is 0 Å². The van der Waals surface area contributed by atoms with Gasteiger partial charge in [0.15, 0.2) is 0 Å². The van der Waals surface area contributed by atoms with Gasteiger partial charge in [0.25, 0.3) is 5.91 Å². The summed E-state index contributed by atoms with van der Waals surface area (Å²) in [7, 11) is 1.86. The molecule has 0 atom stereocenters. The molecule has 2 aromatic carbocycles. The van der Waals surface area contributed by atoms with Crippen LogP contribution in [-0.2, 0) is 13.6 Å². The Hall–Kier alpha value is -3.58. The van der Waals surface area contributed by atoms with Gasteiger partial charge in [-0.3, -0.25) is 14.4 Å². The minimum atomic E-state index is -0.217. The first-order valence-corrected chi connectivity index (χ1v) is 10.7. The summed E-state index contributed by atoms with van der Waals surface area (Å²) in [4.78, 5) is 22.4. The Morgan fingerprint density at radius 2 is 1.84 bits per heavy atom. The predicted molar refractivity (Wildman–Crippen MR) is 122 cm³/mol. The lowest BCUT2D eigenvalue weighted by Gasteiger charge is -2.35. The van der Waals surface area contributed by atoms with E-state index < -0.39 is 0 Å². The molecule has 3 heterocycles. The third-order valence-electron chi connectivity index (χ3n) is 5.90. The topological polar surface area (TPSA) is 54.3 Å². The van der Waals surface area contributed by atoms with Gasteiger partial charge in [-0.1, -0.05) is 30.3 Å². The molecule has 0 saturated carbocycles. The maximum Gasteiger partial charge on any atom is 0.254 e. The number of rotatable bonds is 4. The van der Waals surface area contributed by atoms with Crippen LogP contribution in [0.5, 0.6) is 0 Å². The Morgan fingerprint density at radius 1 is 1.03 bits per heavy atom. The zero-order valence-electron chi connectivity index (χ0n) is 17.9. The largest absolute Gasteiger partial charge is 0.336 e. The summed E-state index contributed by atoms with van der Waals surface area (Å²) in [6, 6.07) is 16.3. The number of halogens is 1. The fourth-order valence-electron chi connectivity index (χ4n) is 4.23. The lowest BCUT2D eigenvalue weighted by atomic mass is 10.0. The SMILES string of the molecule is Cn1cc(-c2cc(C(=O)N3CCN(Cc4cccc(F)c4)CC3)c3ccccc3n2)cn1. The number of nitrogens with zero attached hydrogens (tertiary/aromatic N) is 5. The van der Waals surface area contributed by atoms with Crippen molar-refractivity contribution in [3.05, 3.63) is 83.9 Å². The van der Waals surface area contributed by atoms with E-state index in [4.69, 9.17) is 4.98 Å². The van der Waals surface area contributed by atoms with Crippen molar-refractivity contribution in [2.24, 2.45) is 7.05 Å². The van der Waals surface area contributed by atoms with Gasteiger partial charge in [-0.25, -0.2) is 9.37 Å². The molecule has 0 radical (unpaired) electrons. The third kappa shape index (κ3) is 4.11. The summed E-state index contributed by atoms with van der Waals surface area (Å²) in [6.07, 6.45) is 3.66. The van der Waals surface area contributed by atoms with E-state index in [9.17, 15) is 9.18 Å². The quantitative estimate of drug-likeness (QED) is 0.496. The molecule has 0 aliphatic carbocycles. The van der Waals surface area contributed by atoms with Gasteiger partial charge in [0.2, 0.25) is 0 Å². The number of aryl methyl sites for hydroxylation is 1. The van der Waals surface area contributed by atoms with Crippen molar-refractivity contribution in [3.63, 3.8) is 0 Å². The first kappa shape index (κ1) is 20.3. The molecule has 5 rings (SSSR count). The number of piperazine rings is 1. The normalized spacial score (nSPS) is 14.8. The number of pyridine rings is 1. The summed E-state index contributed by atoms with van der Waals surface area (Å²) in [5.41, 5.74) is 4.03. The van der Waals surface area contributed by atoms with Crippen LogP contribution in [0.15, 0.2) is 67.0 Å². The molecular weight excluding hydrogens is 405 g/mol. The van der Waals surface area contributed by atoms with Crippen molar-refractivity contribution < 1.29 is 9.18 Å². The third-order valence-corrected chi connectivity index (χ3v) is 5.90. The minimum absolute atomic E-state index is 0.0131. The number of aromatic nitrogens is 3. The molecule has 0 N–H and O–H groups in total. The molecule has 6 nitrogen and oxygen atoms in total. The molecule has 7 heteroatoms. The highest BCUT2D eigenvalue weighted by atomic mass is 19.1. The fraction of sp³-hybridized carbons (Fsp3) is 0.240. The number of benzene rings is 2. The minimum Gasteiger partial charge on any atom is -0.336 e. The van der Waals surface area contributed by atoms with Crippen LogP contribution in [0.1, 0.15) is 15.9 Å². The van der Waals surface area contributed by atoms with E-state index in [0.29, 0.717) is 25.2 Å². The second-order valence-electron chi connectivity index (χ2n) is 8.17. The van der Waals surface area contributed by atoms with Crippen molar-refractivity contribution in [1.29, 1.82) is 0 Å². The fourth-order valence-corrected chi connectivity index (χ4v) is 4.23. The molecule has 1 aliphatic heterocycles. The summed E-state index contributed by atoms with van der Waals surface area (Å²) >= 11 is 0. The molecule has 162 valence electrons. The van der Waals surface area contributed by atoms with Crippen LogP contribution >= 0.6 is 0 Å². The Kier molecular flexibility index (Phi) is 5.41. The predicted octanol–water partition coefficient (Wildman–Crippen LogP) is 3.73. The lowest BCUT2D eigenvalue weighted by molar-refractivity contribution is 0.0630. The molecule has 0 spiro atoms. The molecular formula is C25H24FN5O. The van der Waals surface area contributed by atoms with Crippen LogP contribution in [0.4, 0.5) is 4.39 Å². The number of hydrogen-bond acceptors (Lipinski definition) is 4. The number of hydrogen-bond donors (Lipinski definition) is 0. The molecule has 1 amide bonds. The van der Waals surface area contributed by atoms with Gasteiger partial charge in [-0.15, -0.1) is 0 Å². The molecule has 2 aromatic heterocycles. The van der Waals surface area contributed by atoms with Crippen molar-refractivity contribution in [2.75, 3.05) is 26.2 Å². The average Bonchev–Trinajstić information content (AvgIpc) is 3.25. The molecule has 1 aliphatic rings. The molecule has 4 aromatic rings. The van der Waals surface area contributed by atoms with E-state index in [1.54, 1.807) is 23.0 Å². The van der Waals surface area contributed by atoms with Crippen molar-refractivity contribution >= 4 is 16.8 Å². The molecule has 0 bridgehead atoms. The van der Waals surface area contributed by atoms with Gasteiger partial charge >= 0.3 is 0 Å². The Balaban J connectivity index is 1.37. The standard InChI is InChI=1S/C25H24FN5O/c1-29-17-19(15-27-29)24-14-22(21-7-2-3-8-23(21)28-24)25(32)31-11-9-30(10-12-31)16-18-5-4-6-20(26)13-18/h2-8,13-15,17H,9-12,16H2,1H3. The molecule has 32 heavy (non-hydrogen) atoms.